The van der Waals surface area contributed by atoms with Crippen LogP contribution in [-0.4, -0.2) is 0 Å². The number of halogens is 1. The smallest absolute Gasteiger partial charge is 0.127 e. The quantitative estimate of drug-likeness (QED) is 0.779. The van der Waals surface area contributed by atoms with Crippen LogP contribution in [0.15, 0.2) is 53.0 Å². The fourth-order valence-electron chi connectivity index (χ4n) is 1.08. The van der Waals surface area contributed by atoms with Gasteiger partial charge < -0.3 is 4.74 Å². The van der Waals surface area contributed by atoms with E-state index in [2.05, 4.69) is 22.0 Å². The normalized spacial score (nSPS) is 9.79. The maximum absolute atomic E-state index is 5.59. The molecule has 0 atom stereocenters. The fraction of sp³-hybridized carbons (Fsp3) is 0. The third-order valence-corrected chi connectivity index (χ3v) is 2.27. The van der Waals surface area contributed by atoms with Gasteiger partial charge in [0.1, 0.15) is 11.5 Å². The summed E-state index contributed by atoms with van der Waals surface area (Å²) in [5.41, 5.74) is 0. The van der Waals surface area contributed by atoms with Crippen LogP contribution in [0.4, 0.5) is 0 Å². The number of hydrogen-bond donors (Lipinski definition) is 0. The van der Waals surface area contributed by atoms with Gasteiger partial charge in [-0.25, -0.2) is 0 Å². The van der Waals surface area contributed by atoms with Gasteiger partial charge in [0.15, 0.2) is 0 Å². The zero-order valence-electron chi connectivity index (χ0n) is 7.41. The lowest BCUT2D eigenvalue weighted by molar-refractivity contribution is 0.482. The van der Waals surface area contributed by atoms with Crippen molar-refractivity contribution >= 4 is 15.9 Å². The van der Waals surface area contributed by atoms with Crippen molar-refractivity contribution in [3.8, 4) is 11.5 Å². The molecule has 0 aromatic heterocycles. The Bertz CT molecular complexity index is 394. The van der Waals surface area contributed by atoms with E-state index in [-0.39, 0.29) is 0 Å². The van der Waals surface area contributed by atoms with Gasteiger partial charge in [0.2, 0.25) is 0 Å². The zero-order valence-corrected chi connectivity index (χ0v) is 8.99. The molecule has 0 unspecified atom stereocenters. The highest BCUT2D eigenvalue weighted by Gasteiger charge is 1.94. The molecule has 0 fully saturated rings. The van der Waals surface area contributed by atoms with E-state index < -0.39 is 0 Å². The molecule has 2 aromatic carbocycles. The highest BCUT2D eigenvalue weighted by molar-refractivity contribution is 9.10. The molecule has 1 nitrogen and oxygen atoms in total. The molecule has 0 bridgehead atoms. The second kappa shape index (κ2) is 4.29. The van der Waals surface area contributed by atoms with E-state index in [1.807, 2.05) is 48.5 Å². The molecule has 0 aliphatic carbocycles. The van der Waals surface area contributed by atoms with Gasteiger partial charge in [-0.15, -0.1) is 0 Å². The van der Waals surface area contributed by atoms with Crippen molar-refractivity contribution in [3.05, 3.63) is 59.1 Å². The third-order valence-electron chi connectivity index (χ3n) is 1.74. The maximum atomic E-state index is 5.59. The van der Waals surface area contributed by atoms with E-state index >= 15 is 0 Å². The third kappa shape index (κ3) is 2.36. The Labute approximate surface area is 91.5 Å². The van der Waals surface area contributed by atoms with Crippen LogP contribution in [0.5, 0.6) is 11.5 Å². The molecule has 0 spiro atoms. The van der Waals surface area contributed by atoms with Gasteiger partial charge in [0.25, 0.3) is 0 Å². The van der Waals surface area contributed by atoms with Crippen molar-refractivity contribution in [1.29, 1.82) is 0 Å². The van der Waals surface area contributed by atoms with Crippen LogP contribution >= 0.6 is 15.9 Å². The molecular weight excluding hydrogens is 240 g/mol. The van der Waals surface area contributed by atoms with Crippen LogP contribution in [0.1, 0.15) is 0 Å². The molecular formula is C12H8BrO. The van der Waals surface area contributed by atoms with Crippen molar-refractivity contribution in [3.63, 3.8) is 0 Å². The van der Waals surface area contributed by atoms with Gasteiger partial charge >= 0.3 is 0 Å². The molecule has 0 heterocycles. The van der Waals surface area contributed by atoms with Gasteiger partial charge in [-0.1, -0.05) is 28.1 Å². The minimum absolute atomic E-state index is 0.825. The summed E-state index contributed by atoms with van der Waals surface area (Å²) in [6.07, 6.45) is 0. The van der Waals surface area contributed by atoms with Crippen LogP contribution in [0.2, 0.25) is 0 Å². The average molecular weight is 248 g/mol. The van der Waals surface area contributed by atoms with Crippen LogP contribution in [0.3, 0.4) is 0 Å². The number of ether oxygens (including phenoxy) is 1. The summed E-state index contributed by atoms with van der Waals surface area (Å²) >= 11 is 3.37. The zero-order chi connectivity index (χ0) is 9.80. The lowest BCUT2D eigenvalue weighted by Gasteiger charge is -2.04. The molecule has 0 amide bonds. The Hall–Kier alpha value is -1.28. The molecule has 0 saturated heterocycles. The highest BCUT2D eigenvalue weighted by atomic mass is 79.9. The first kappa shape index (κ1) is 9.28. The Kier molecular flexibility index (Phi) is 2.84. The first-order chi connectivity index (χ1) is 6.84. The molecule has 2 heteroatoms. The van der Waals surface area contributed by atoms with Crippen LogP contribution < -0.4 is 4.74 Å². The molecule has 2 aromatic rings. The first-order valence-corrected chi connectivity index (χ1v) is 5.03. The first-order valence-electron chi connectivity index (χ1n) is 4.24. The minimum Gasteiger partial charge on any atom is -0.457 e. The summed E-state index contributed by atoms with van der Waals surface area (Å²) in [5.74, 6) is 1.66. The Morgan fingerprint density at radius 1 is 0.857 bits per heavy atom. The molecule has 0 saturated carbocycles. The van der Waals surface area contributed by atoms with Crippen LogP contribution in [0, 0.1) is 6.07 Å². The summed E-state index contributed by atoms with van der Waals surface area (Å²) in [5, 5.41) is 0. The molecule has 0 aliphatic heterocycles. The maximum Gasteiger partial charge on any atom is 0.127 e. The average Bonchev–Trinajstić information content (AvgIpc) is 2.23. The van der Waals surface area contributed by atoms with Crippen LogP contribution in [-0.2, 0) is 0 Å². The SMILES string of the molecule is Brc1ccc(Oc2cc[c]cc2)cc1. The fourth-order valence-corrected chi connectivity index (χ4v) is 1.34. The largest absolute Gasteiger partial charge is 0.457 e. The lowest BCUT2D eigenvalue weighted by Crippen LogP contribution is -1.82. The van der Waals surface area contributed by atoms with Crippen molar-refractivity contribution in [2.24, 2.45) is 0 Å². The van der Waals surface area contributed by atoms with Gasteiger partial charge in [-0.3, -0.25) is 0 Å². The number of rotatable bonds is 2. The lowest BCUT2D eigenvalue weighted by atomic mass is 10.3. The van der Waals surface area contributed by atoms with E-state index in [1.165, 1.54) is 0 Å². The highest BCUT2D eigenvalue weighted by Crippen LogP contribution is 2.22. The minimum atomic E-state index is 0.825. The van der Waals surface area contributed by atoms with Crippen LogP contribution in [0.25, 0.3) is 0 Å². The summed E-state index contributed by atoms with van der Waals surface area (Å²) in [6, 6.07) is 18.1. The topological polar surface area (TPSA) is 9.23 Å². The number of hydrogen-bond acceptors (Lipinski definition) is 1. The molecule has 14 heavy (non-hydrogen) atoms. The van der Waals surface area contributed by atoms with Crippen molar-refractivity contribution in [2.75, 3.05) is 0 Å². The van der Waals surface area contributed by atoms with Gasteiger partial charge in [-0.2, -0.15) is 0 Å². The summed E-state index contributed by atoms with van der Waals surface area (Å²) in [6.45, 7) is 0. The second-order valence-corrected chi connectivity index (χ2v) is 3.71. The van der Waals surface area contributed by atoms with Gasteiger partial charge in [0.05, 0.1) is 0 Å². The molecule has 0 aliphatic rings. The summed E-state index contributed by atoms with van der Waals surface area (Å²) < 4.78 is 6.64. The Balaban J connectivity index is 2.16. The molecule has 1 radical (unpaired) electrons. The predicted octanol–water partition coefficient (Wildman–Crippen LogP) is 4.04. The molecule has 0 N–H and O–H groups in total. The van der Waals surface area contributed by atoms with E-state index in [1.54, 1.807) is 0 Å². The van der Waals surface area contributed by atoms with Gasteiger partial charge in [0, 0.05) is 4.47 Å². The summed E-state index contributed by atoms with van der Waals surface area (Å²) in [7, 11) is 0. The molecule has 69 valence electrons. The summed E-state index contributed by atoms with van der Waals surface area (Å²) in [4.78, 5) is 0. The number of benzene rings is 2. The Morgan fingerprint density at radius 3 is 2.07 bits per heavy atom. The van der Waals surface area contributed by atoms with E-state index in [4.69, 9.17) is 4.74 Å². The Morgan fingerprint density at radius 2 is 1.43 bits per heavy atom. The van der Waals surface area contributed by atoms with Crippen molar-refractivity contribution in [2.45, 2.75) is 0 Å². The van der Waals surface area contributed by atoms with Gasteiger partial charge in [-0.05, 0) is 42.5 Å². The van der Waals surface area contributed by atoms with Crippen molar-refractivity contribution in [1.82, 2.24) is 0 Å². The standard InChI is InChI=1S/C12H8BrO/c13-10-6-8-12(9-7-10)14-11-4-2-1-3-5-11/h2-9H. The predicted molar refractivity (Wildman–Crippen MR) is 59.5 cm³/mol. The molecule has 2 rings (SSSR count). The van der Waals surface area contributed by atoms with E-state index in [0.29, 0.717) is 0 Å². The van der Waals surface area contributed by atoms with Crippen molar-refractivity contribution < 1.29 is 4.74 Å². The second-order valence-electron chi connectivity index (χ2n) is 2.79. The van der Waals surface area contributed by atoms with E-state index in [9.17, 15) is 0 Å². The van der Waals surface area contributed by atoms with E-state index in [0.717, 1.165) is 16.0 Å². The monoisotopic (exact) mass is 247 g/mol.